The summed E-state index contributed by atoms with van der Waals surface area (Å²) in [5.41, 5.74) is 2.93. The summed E-state index contributed by atoms with van der Waals surface area (Å²) in [6.07, 6.45) is -0.751. The lowest BCUT2D eigenvalue weighted by Gasteiger charge is -2.52. The van der Waals surface area contributed by atoms with Gasteiger partial charge in [-0.05, 0) is 55.1 Å². The zero-order chi connectivity index (χ0) is 27.2. The van der Waals surface area contributed by atoms with E-state index in [4.69, 9.17) is 33.7 Å². The molecule has 1 aliphatic carbocycles. The number of nitrogens with one attached hydrogen (secondary N) is 1. The fourth-order valence-electron chi connectivity index (χ4n) is 6.21. The highest BCUT2D eigenvalue weighted by atomic mass is 35.5. The van der Waals surface area contributed by atoms with E-state index in [1.165, 1.54) is 24.1 Å². The molecular weight excluding hydrogens is 525 g/mol. The number of rotatable bonds is 8. The number of likely N-dealkylation sites (N-methyl/N-ethyl adjacent to an activating group) is 1. The predicted molar refractivity (Wildman–Crippen MR) is 134 cm³/mol. The second kappa shape index (κ2) is 9.86. The molecular formula is C25H27Cl2N3O7. The molecule has 12 heteroatoms. The van der Waals surface area contributed by atoms with Crippen LogP contribution in [0, 0.1) is 0 Å². The average molecular weight is 552 g/mol. The summed E-state index contributed by atoms with van der Waals surface area (Å²) in [7, 11) is 1.38. The van der Waals surface area contributed by atoms with Gasteiger partial charge in [-0.2, -0.15) is 5.48 Å². The van der Waals surface area contributed by atoms with E-state index < -0.39 is 47.0 Å². The highest BCUT2D eigenvalue weighted by Crippen LogP contribution is 2.55. The number of primary amides is 1. The number of carboxylic acids is 2. The molecule has 0 aromatic heterocycles. The average Bonchev–Trinajstić information content (AvgIpc) is 3.13. The van der Waals surface area contributed by atoms with Crippen molar-refractivity contribution in [3.63, 3.8) is 0 Å². The Balaban J connectivity index is 1.99. The normalized spacial score (nSPS) is 29.6. The van der Waals surface area contributed by atoms with Gasteiger partial charge in [0.05, 0.1) is 16.7 Å². The quantitative estimate of drug-likeness (QED) is 0.309. The molecule has 1 saturated heterocycles. The van der Waals surface area contributed by atoms with Crippen molar-refractivity contribution < 1.29 is 34.5 Å². The molecule has 6 N–H and O–H groups in total. The molecule has 1 aliphatic heterocycles. The van der Waals surface area contributed by atoms with E-state index in [0.29, 0.717) is 24.0 Å². The van der Waals surface area contributed by atoms with Gasteiger partial charge in [0, 0.05) is 6.54 Å². The molecule has 1 fully saturated rings. The van der Waals surface area contributed by atoms with Gasteiger partial charge < -0.3 is 25.9 Å². The van der Waals surface area contributed by atoms with E-state index in [2.05, 4.69) is 0 Å². The summed E-state index contributed by atoms with van der Waals surface area (Å²) < 4.78 is 6.11. The van der Waals surface area contributed by atoms with Crippen molar-refractivity contribution >= 4 is 41.0 Å². The van der Waals surface area contributed by atoms with Crippen LogP contribution in [0.5, 0.6) is 0 Å². The van der Waals surface area contributed by atoms with Crippen molar-refractivity contribution in [2.24, 2.45) is 5.73 Å². The number of hydroxylamine groups is 1. The first-order chi connectivity index (χ1) is 17.5. The topological polar surface area (TPSA) is 162 Å². The maximum absolute atomic E-state index is 13.5. The van der Waals surface area contributed by atoms with Crippen molar-refractivity contribution in [2.75, 3.05) is 13.6 Å². The number of ether oxygens (including phenoxy) is 1. The van der Waals surface area contributed by atoms with Gasteiger partial charge in [0.2, 0.25) is 5.91 Å². The van der Waals surface area contributed by atoms with E-state index in [-0.39, 0.29) is 23.1 Å². The van der Waals surface area contributed by atoms with Crippen molar-refractivity contribution in [2.45, 2.75) is 48.5 Å². The molecule has 2 aromatic carbocycles. The zero-order valence-corrected chi connectivity index (χ0v) is 21.4. The number of hydrogen-bond acceptors (Lipinski definition) is 7. The van der Waals surface area contributed by atoms with Crippen molar-refractivity contribution in [1.82, 2.24) is 10.4 Å². The van der Waals surface area contributed by atoms with Gasteiger partial charge >= 0.3 is 11.9 Å². The Morgan fingerprint density at radius 1 is 1.14 bits per heavy atom. The van der Waals surface area contributed by atoms with Gasteiger partial charge in [-0.1, -0.05) is 53.5 Å². The predicted octanol–water partition coefficient (Wildman–Crippen LogP) is 2.21. The van der Waals surface area contributed by atoms with Crippen LogP contribution in [0.25, 0.3) is 0 Å². The third-order valence-corrected chi connectivity index (χ3v) is 8.51. The van der Waals surface area contributed by atoms with Gasteiger partial charge in [0.25, 0.3) is 0 Å². The van der Waals surface area contributed by atoms with Gasteiger partial charge in [-0.15, -0.1) is 0 Å². The number of nitrogens with two attached hydrogens (primary N) is 1. The van der Waals surface area contributed by atoms with Crippen LogP contribution in [0.3, 0.4) is 0 Å². The summed E-state index contributed by atoms with van der Waals surface area (Å²) in [6.45, 7) is -0.800. The van der Waals surface area contributed by atoms with Crippen molar-refractivity contribution in [3.8, 4) is 0 Å². The summed E-state index contributed by atoms with van der Waals surface area (Å²) in [5, 5.41) is 31.9. The number of carboxylic acid groups (broad SMARTS) is 2. The Kier molecular flexibility index (Phi) is 7.28. The number of nitrogens with zero attached hydrogens (tertiary/aromatic N) is 1. The number of carbonyl (C=O) groups is 3. The van der Waals surface area contributed by atoms with Crippen LogP contribution in [-0.4, -0.2) is 68.9 Å². The van der Waals surface area contributed by atoms with Gasteiger partial charge in [-0.25, -0.2) is 4.79 Å². The lowest BCUT2D eigenvalue weighted by molar-refractivity contribution is -0.180. The molecule has 4 unspecified atom stereocenters. The molecule has 4 atom stereocenters. The largest absolute Gasteiger partial charge is 0.480 e. The van der Waals surface area contributed by atoms with Gasteiger partial charge in [-0.3, -0.25) is 14.5 Å². The van der Waals surface area contributed by atoms with Crippen molar-refractivity contribution in [1.29, 1.82) is 0 Å². The van der Waals surface area contributed by atoms with Gasteiger partial charge in [0.1, 0.15) is 11.5 Å². The molecule has 0 spiro atoms. The number of halogens is 2. The molecule has 4 rings (SSSR count). The van der Waals surface area contributed by atoms with Crippen LogP contribution >= 0.6 is 23.2 Å². The van der Waals surface area contributed by atoms with Crippen LogP contribution in [0.4, 0.5) is 0 Å². The Bertz CT molecular complexity index is 1260. The number of carbonyl (C=O) groups excluding carboxylic acids is 1. The van der Waals surface area contributed by atoms with Crippen molar-refractivity contribution in [3.05, 3.63) is 69.2 Å². The maximum atomic E-state index is 13.5. The number of hydrogen-bond donors (Lipinski definition) is 5. The van der Waals surface area contributed by atoms with Crippen LogP contribution in [0.1, 0.15) is 29.5 Å². The smallest absolute Gasteiger partial charge is 0.330 e. The minimum Gasteiger partial charge on any atom is -0.480 e. The van der Waals surface area contributed by atoms with Crippen LogP contribution < -0.4 is 11.2 Å². The first-order valence-electron chi connectivity index (χ1n) is 11.5. The summed E-state index contributed by atoms with van der Waals surface area (Å²) in [4.78, 5) is 40.8. The molecule has 198 valence electrons. The summed E-state index contributed by atoms with van der Waals surface area (Å²) >= 11 is 12.1. The van der Waals surface area contributed by atoms with Gasteiger partial charge in [0.15, 0.2) is 11.1 Å². The molecule has 0 bridgehead atoms. The van der Waals surface area contributed by atoms with E-state index in [9.17, 15) is 29.8 Å². The highest BCUT2D eigenvalue weighted by molar-refractivity contribution is 6.42. The standard InChI is InChI=1S/C25H27Cl2N3O7/c1-30-13-24(29-36,21(32)33)19(37-12-14-8-9-17(26)18(27)11-14)25(30,22(34)35)23(20(28)31)10-4-6-15-5-2-3-7-16(15)23/h2-3,5,7-9,11,19,29,36H,4,6,10,12-13H2,1H3,(H2,28,31)(H,32,33)(H,34,35). The van der Waals surface area contributed by atoms with Crippen LogP contribution in [0.15, 0.2) is 42.5 Å². The maximum Gasteiger partial charge on any atom is 0.330 e. The Morgan fingerprint density at radius 3 is 2.43 bits per heavy atom. The van der Waals surface area contributed by atoms with Crippen LogP contribution in [0.2, 0.25) is 10.0 Å². The molecule has 1 amide bonds. The molecule has 0 saturated carbocycles. The second-order valence-corrected chi connectivity index (χ2v) is 10.4. The fourth-order valence-corrected chi connectivity index (χ4v) is 6.53. The third-order valence-electron chi connectivity index (χ3n) is 7.77. The number of aryl methyl sites for hydroxylation is 1. The Morgan fingerprint density at radius 2 is 1.84 bits per heavy atom. The van der Waals surface area contributed by atoms with Crippen LogP contribution in [-0.2, 0) is 37.6 Å². The number of aliphatic carboxylic acids is 2. The zero-order valence-electron chi connectivity index (χ0n) is 19.9. The highest BCUT2D eigenvalue weighted by Gasteiger charge is 2.78. The molecule has 2 aliphatic rings. The Hall–Kier alpha value is -2.73. The monoisotopic (exact) mass is 551 g/mol. The lowest BCUT2D eigenvalue weighted by Crippen LogP contribution is -2.75. The molecule has 1 heterocycles. The minimum atomic E-state index is -2.32. The second-order valence-electron chi connectivity index (χ2n) is 9.54. The summed E-state index contributed by atoms with van der Waals surface area (Å²) in [5.74, 6) is -4.01. The lowest BCUT2D eigenvalue weighted by atomic mass is 9.55. The molecule has 2 aromatic rings. The third kappa shape index (κ3) is 3.82. The first-order valence-corrected chi connectivity index (χ1v) is 12.3. The number of amides is 1. The summed E-state index contributed by atoms with van der Waals surface area (Å²) in [6, 6.07) is 11.5. The first kappa shape index (κ1) is 27.3. The van der Waals surface area contributed by atoms with E-state index >= 15 is 0 Å². The minimum absolute atomic E-state index is 0.0315. The number of benzene rings is 2. The number of likely N-dealkylation sites (tertiary alicyclic amines) is 1. The molecule has 0 radical (unpaired) electrons. The van der Waals surface area contributed by atoms with E-state index in [1.54, 1.807) is 30.3 Å². The van der Waals surface area contributed by atoms with E-state index in [1.807, 2.05) is 5.48 Å². The Labute approximate surface area is 222 Å². The molecule has 10 nitrogen and oxygen atoms in total. The molecule has 37 heavy (non-hydrogen) atoms. The fraction of sp³-hybridized carbons (Fsp3) is 0.400. The number of fused-ring (bicyclic) bond motifs is 1. The van der Waals surface area contributed by atoms with E-state index in [0.717, 1.165) is 5.56 Å². The SMILES string of the molecule is CN1CC(NO)(C(=O)O)C(OCc2ccc(Cl)c(Cl)c2)C1(C(=O)O)C1(C(N)=O)CCCc2ccccc21.